The number of hydrogen-bond acceptors (Lipinski definition) is 4. The van der Waals surface area contributed by atoms with Crippen molar-refractivity contribution in [2.24, 2.45) is 5.73 Å². The first-order valence-corrected chi connectivity index (χ1v) is 8.74. The second-order valence-corrected chi connectivity index (χ2v) is 7.46. The molecule has 0 bridgehead atoms. The summed E-state index contributed by atoms with van der Waals surface area (Å²) in [5, 5.41) is 0. The molecule has 1 aromatic carbocycles. The van der Waals surface area contributed by atoms with E-state index >= 15 is 0 Å². The molecule has 0 amide bonds. The Hall–Kier alpha value is -1.02. The second-order valence-electron chi connectivity index (χ2n) is 5.22. The molecule has 2 rings (SSSR count). The lowest BCUT2D eigenvalue weighted by atomic mass is 10.1. The molecule has 21 heavy (non-hydrogen) atoms. The number of nitrogens with one attached hydrogen (secondary N) is 1. The quantitative estimate of drug-likeness (QED) is 0.771. The molecule has 5 nitrogen and oxygen atoms in total. The van der Waals surface area contributed by atoms with Gasteiger partial charge in [-0.05, 0) is 37.0 Å². The predicted molar refractivity (Wildman–Crippen MR) is 85.7 cm³/mol. The average Bonchev–Trinajstić information content (AvgIpc) is 2.85. The maximum atomic E-state index is 12.4. The van der Waals surface area contributed by atoms with Gasteiger partial charge in [-0.25, -0.2) is 13.1 Å². The van der Waals surface area contributed by atoms with Gasteiger partial charge >= 0.3 is 0 Å². The zero-order valence-electron chi connectivity index (χ0n) is 11.9. The summed E-state index contributed by atoms with van der Waals surface area (Å²) in [4.78, 5) is 0.633. The van der Waals surface area contributed by atoms with E-state index < -0.39 is 10.0 Å². The molecule has 1 aliphatic rings. The van der Waals surface area contributed by atoms with E-state index in [-0.39, 0.29) is 17.0 Å². The molecule has 0 heterocycles. The van der Waals surface area contributed by atoms with Crippen LogP contribution in [0.1, 0.15) is 24.8 Å². The molecule has 0 aromatic heterocycles. The van der Waals surface area contributed by atoms with Crippen molar-refractivity contribution in [2.75, 3.05) is 7.11 Å². The van der Waals surface area contributed by atoms with Crippen molar-refractivity contribution in [2.45, 2.75) is 42.7 Å². The van der Waals surface area contributed by atoms with Crippen LogP contribution in [0.3, 0.4) is 0 Å². The van der Waals surface area contributed by atoms with Gasteiger partial charge in [-0.2, -0.15) is 0 Å². The average molecular weight is 328 g/mol. The highest BCUT2D eigenvalue weighted by molar-refractivity contribution is 7.89. The van der Waals surface area contributed by atoms with E-state index in [1.54, 1.807) is 31.4 Å². The van der Waals surface area contributed by atoms with E-state index in [4.69, 9.17) is 22.7 Å². The van der Waals surface area contributed by atoms with Crippen molar-refractivity contribution in [3.05, 3.63) is 29.8 Å². The van der Waals surface area contributed by atoms with Crippen LogP contribution in [-0.2, 0) is 21.2 Å². The summed E-state index contributed by atoms with van der Waals surface area (Å²) in [5.74, 6) is 0. The normalized spacial score (nSPS) is 22.3. The lowest BCUT2D eigenvalue weighted by Crippen LogP contribution is -2.40. The highest BCUT2D eigenvalue weighted by Crippen LogP contribution is 2.23. The summed E-state index contributed by atoms with van der Waals surface area (Å²) in [5.41, 5.74) is 6.37. The molecule has 1 aliphatic carbocycles. The largest absolute Gasteiger partial charge is 0.393 e. The molecule has 0 aliphatic heterocycles. The Morgan fingerprint density at radius 3 is 2.62 bits per heavy atom. The number of thiocarbonyl (C=S) groups is 1. The molecule has 0 spiro atoms. The SMILES string of the molecule is COC1CCCC1NS(=O)(=O)c1ccc(CC(N)=S)cc1. The molecule has 2 unspecified atom stereocenters. The summed E-state index contributed by atoms with van der Waals surface area (Å²) in [6.07, 6.45) is 3.08. The molecule has 0 radical (unpaired) electrons. The number of rotatable bonds is 6. The third-order valence-corrected chi connectivity index (χ3v) is 5.32. The summed E-state index contributed by atoms with van der Waals surface area (Å²) in [6, 6.07) is 6.46. The van der Waals surface area contributed by atoms with Crippen LogP contribution in [-0.4, -0.2) is 32.7 Å². The molecule has 1 aromatic rings. The summed E-state index contributed by atoms with van der Waals surface area (Å²) < 4.78 is 32.8. The van der Waals surface area contributed by atoms with Crippen LogP contribution in [0.2, 0.25) is 0 Å². The van der Waals surface area contributed by atoms with Gasteiger partial charge in [0, 0.05) is 19.6 Å². The topological polar surface area (TPSA) is 81.4 Å². The minimum absolute atomic E-state index is 0.0475. The number of hydrogen-bond donors (Lipinski definition) is 2. The Balaban J connectivity index is 2.10. The van der Waals surface area contributed by atoms with Crippen molar-refractivity contribution < 1.29 is 13.2 Å². The zero-order valence-corrected chi connectivity index (χ0v) is 13.5. The van der Waals surface area contributed by atoms with Crippen molar-refractivity contribution in [3.8, 4) is 0 Å². The van der Waals surface area contributed by atoms with Crippen molar-refractivity contribution in [3.63, 3.8) is 0 Å². The number of nitrogens with two attached hydrogens (primary N) is 1. The fourth-order valence-electron chi connectivity index (χ4n) is 2.60. The minimum Gasteiger partial charge on any atom is -0.393 e. The molecular formula is C14H20N2O3S2. The lowest BCUT2D eigenvalue weighted by molar-refractivity contribution is 0.0916. The van der Waals surface area contributed by atoms with Crippen molar-refractivity contribution in [1.29, 1.82) is 0 Å². The summed E-state index contributed by atoms with van der Waals surface area (Å²) in [7, 11) is -1.91. The van der Waals surface area contributed by atoms with Crippen LogP contribution in [0, 0.1) is 0 Å². The van der Waals surface area contributed by atoms with Crippen molar-refractivity contribution >= 4 is 27.2 Å². The molecule has 116 valence electrons. The van der Waals surface area contributed by atoms with E-state index in [1.807, 2.05) is 0 Å². The van der Waals surface area contributed by atoms with E-state index in [1.165, 1.54) is 0 Å². The Morgan fingerprint density at radius 2 is 2.05 bits per heavy atom. The molecular weight excluding hydrogens is 308 g/mol. The highest BCUT2D eigenvalue weighted by atomic mass is 32.2. The van der Waals surface area contributed by atoms with E-state index in [9.17, 15) is 8.42 Å². The molecule has 2 atom stereocenters. The Bertz CT molecular complexity index is 599. The van der Waals surface area contributed by atoms with E-state index in [0.717, 1.165) is 24.8 Å². The first-order chi connectivity index (χ1) is 9.92. The Kier molecular flexibility index (Phi) is 5.32. The van der Waals surface area contributed by atoms with Crippen LogP contribution in [0.5, 0.6) is 0 Å². The third-order valence-electron chi connectivity index (χ3n) is 3.67. The van der Waals surface area contributed by atoms with Gasteiger partial charge in [0.25, 0.3) is 0 Å². The van der Waals surface area contributed by atoms with E-state index in [2.05, 4.69) is 4.72 Å². The highest BCUT2D eigenvalue weighted by Gasteiger charge is 2.31. The van der Waals surface area contributed by atoms with Gasteiger partial charge in [0.2, 0.25) is 10.0 Å². The second kappa shape index (κ2) is 6.83. The zero-order chi connectivity index (χ0) is 15.5. The molecule has 1 fully saturated rings. The van der Waals surface area contributed by atoms with Gasteiger partial charge in [0.15, 0.2) is 0 Å². The first-order valence-electron chi connectivity index (χ1n) is 6.85. The maximum absolute atomic E-state index is 12.4. The van der Waals surface area contributed by atoms with Gasteiger partial charge in [-0.15, -0.1) is 0 Å². The maximum Gasteiger partial charge on any atom is 0.240 e. The number of methoxy groups -OCH3 is 1. The standard InChI is InChI=1S/C14H20N2O3S2/c1-19-13-4-2-3-12(13)16-21(17,18)11-7-5-10(6-8-11)9-14(15)20/h5-8,12-13,16H,2-4,9H2,1H3,(H2,15,20). The van der Waals surface area contributed by atoms with Gasteiger partial charge in [0.1, 0.15) is 0 Å². The van der Waals surface area contributed by atoms with E-state index in [0.29, 0.717) is 11.4 Å². The summed E-state index contributed by atoms with van der Waals surface area (Å²) in [6.45, 7) is 0. The monoisotopic (exact) mass is 328 g/mol. The van der Waals surface area contributed by atoms with Crippen LogP contribution in [0.4, 0.5) is 0 Å². The van der Waals surface area contributed by atoms with Crippen LogP contribution < -0.4 is 10.5 Å². The lowest BCUT2D eigenvalue weighted by Gasteiger charge is -2.19. The van der Waals surface area contributed by atoms with Gasteiger partial charge < -0.3 is 10.5 Å². The van der Waals surface area contributed by atoms with Gasteiger partial charge in [-0.1, -0.05) is 24.4 Å². The number of benzene rings is 1. The number of sulfonamides is 1. The molecule has 3 N–H and O–H groups in total. The molecule has 0 saturated heterocycles. The minimum atomic E-state index is -3.53. The molecule has 1 saturated carbocycles. The summed E-state index contributed by atoms with van der Waals surface area (Å²) >= 11 is 4.84. The van der Waals surface area contributed by atoms with Crippen LogP contribution >= 0.6 is 12.2 Å². The first kappa shape index (κ1) is 16.4. The van der Waals surface area contributed by atoms with Gasteiger partial charge in [-0.3, -0.25) is 0 Å². The Labute approximate surface area is 130 Å². The third kappa shape index (κ3) is 4.23. The fraction of sp³-hybridized carbons (Fsp3) is 0.500. The smallest absolute Gasteiger partial charge is 0.240 e. The van der Waals surface area contributed by atoms with Crippen LogP contribution in [0.25, 0.3) is 0 Å². The number of ether oxygens (including phenoxy) is 1. The fourth-order valence-corrected chi connectivity index (χ4v) is 4.06. The predicted octanol–water partition coefficient (Wildman–Crippen LogP) is 1.36. The molecule has 7 heteroatoms. The van der Waals surface area contributed by atoms with Gasteiger partial charge in [0.05, 0.1) is 16.0 Å². The van der Waals surface area contributed by atoms with Crippen molar-refractivity contribution in [1.82, 2.24) is 4.72 Å². The van der Waals surface area contributed by atoms with Crippen LogP contribution in [0.15, 0.2) is 29.2 Å². The Morgan fingerprint density at radius 1 is 1.38 bits per heavy atom.